The Bertz CT molecular complexity index is 760. The van der Waals surface area contributed by atoms with Gasteiger partial charge in [0, 0.05) is 12.1 Å². The van der Waals surface area contributed by atoms with E-state index in [0.29, 0.717) is 0 Å². The van der Waals surface area contributed by atoms with Crippen molar-refractivity contribution < 1.29 is 59.6 Å². The van der Waals surface area contributed by atoms with Gasteiger partial charge in [-0.15, -0.1) is 0 Å². The molecule has 2 aliphatic heterocycles. The van der Waals surface area contributed by atoms with E-state index in [0.717, 1.165) is 12.1 Å². The lowest BCUT2D eigenvalue weighted by atomic mass is 9.97. The molecule has 3 rings (SSSR count). The third kappa shape index (κ3) is 4.99. The first-order valence-corrected chi connectivity index (χ1v) is 9.67. The number of hydrogen-bond donors (Lipinski definition) is 7. The van der Waals surface area contributed by atoms with Crippen molar-refractivity contribution in [3.8, 4) is 5.75 Å². The van der Waals surface area contributed by atoms with Gasteiger partial charge in [-0.25, -0.2) is 0 Å². The predicted octanol–water partition coefficient (Wildman–Crippen LogP) is -3.40. The maximum absolute atomic E-state index is 10.7. The van der Waals surface area contributed by atoms with Gasteiger partial charge in [0.2, 0.25) is 6.29 Å². The Kier molecular flexibility index (Phi) is 7.94. The molecule has 32 heavy (non-hydrogen) atoms. The third-order valence-corrected chi connectivity index (χ3v) is 5.26. The van der Waals surface area contributed by atoms with Crippen molar-refractivity contribution in [1.29, 1.82) is 0 Å². The summed E-state index contributed by atoms with van der Waals surface area (Å²) in [5.74, 6) is 0.0804. The molecule has 2 heterocycles. The lowest BCUT2D eigenvalue weighted by Crippen LogP contribution is -2.65. The minimum atomic E-state index is -1.77. The molecular weight excluding hydrogens is 438 g/mol. The molecule has 180 valence electrons. The van der Waals surface area contributed by atoms with Crippen molar-refractivity contribution in [2.24, 2.45) is 0 Å². The Hall–Kier alpha value is -1.98. The fraction of sp³-hybridized carbons (Fsp3) is 0.667. The zero-order valence-corrected chi connectivity index (χ0v) is 16.5. The summed E-state index contributed by atoms with van der Waals surface area (Å²) >= 11 is 0. The summed E-state index contributed by atoms with van der Waals surface area (Å²) in [6.07, 6.45) is -15.7. The highest BCUT2D eigenvalue weighted by molar-refractivity contribution is 5.36. The lowest BCUT2D eigenvalue weighted by Gasteiger charge is -2.45. The van der Waals surface area contributed by atoms with E-state index in [9.17, 15) is 45.9 Å². The highest BCUT2D eigenvalue weighted by atomic mass is 16.7. The average Bonchev–Trinajstić information content (AvgIpc) is 2.79. The smallest absolute Gasteiger partial charge is 0.269 e. The normalized spacial score (nSPS) is 40.1. The van der Waals surface area contributed by atoms with Crippen molar-refractivity contribution in [2.45, 2.75) is 61.4 Å². The molecule has 1 aromatic carbocycles. The van der Waals surface area contributed by atoms with Gasteiger partial charge >= 0.3 is 0 Å². The molecule has 2 saturated heterocycles. The van der Waals surface area contributed by atoms with E-state index >= 15 is 0 Å². The van der Waals surface area contributed by atoms with Crippen LogP contribution in [0, 0.1) is 10.1 Å². The molecule has 0 bridgehead atoms. The number of nitrogens with zero attached hydrogens (tertiary/aromatic N) is 1. The van der Waals surface area contributed by atoms with E-state index in [1.807, 2.05) is 0 Å². The molecule has 0 aliphatic carbocycles. The molecule has 2 aliphatic rings. The van der Waals surface area contributed by atoms with Crippen LogP contribution in [-0.2, 0) is 14.2 Å². The fourth-order valence-electron chi connectivity index (χ4n) is 3.43. The predicted molar refractivity (Wildman–Crippen MR) is 100 cm³/mol. The quantitative estimate of drug-likeness (QED) is 0.155. The van der Waals surface area contributed by atoms with E-state index in [-0.39, 0.29) is 11.4 Å². The molecule has 0 spiro atoms. The molecule has 10 atom stereocenters. The van der Waals surface area contributed by atoms with Gasteiger partial charge in [-0.2, -0.15) is 0 Å². The third-order valence-electron chi connectivity index (χ3n) is 5.26. The van der Waals surface area contributed by atoms with Crippen molar-refractivity contribution in [2.75, 3.05) is 13.2 Å². The summed E-state index contributed by atoms with van der Waals surface area (Å²) in [5, 5.41) is 80.4. The van der Waals surface area contributed by atoms with Crippen LogP contribution in [0.3, 0.4) is 0 Å². The maximum Gasteiger partial charge on any atom is 0.269 e. The van der Waals surface area contributed by atoms with Crippen molar-refractivity contribution in [3.63, 3.8) is 0 Å². The van der Waals surface area contributed by atoms with Crippen LogP contribution in [0.15, 0.2) is 24.3 Å². The summed E-state index contributed by atoms with van der Waals surface area (Å²) in [7, 11) is 0. The maximum atomic E-state index is 10.7. The van der Waals surface area contributed by atoms with E-state index in [2.05, 4.69) is 0 Å². The average molecular weight is 463 g/mol. The highest BCUT2D eigenvalue weighted by Crippen LogP contribution is 2.30. The number of hydrogen-bond acceptors (Lipinski definition) is 13. The molecule has 0 aromatic heterocycles. The highest BCUT2D eigenvalue weighted by Gasteiger charge is 2.51. The Morgan fingerprint density at radius 3 is 1.94 bits per heavy atom. The first-order chi connectivity index (χ1) is 15.2. The number of rotatable bonds is 7. The van der Waals surface area contributed by atoms with E-state index in [1.54, 1.807) is 0 Å². The molecule has 1 aromatic rings. The first kappa shape index (κ1) is 24.7. The van der Waals surface area contributed by atoms with E-state index in [4.69, 9.17) is 18.9 Å². The van der Waals surface area contributed by atoms with Gasteiger partial charge in [-0.05, 0) is 12.1 Å². The molecule has 0 saturated carbocycles. The monoisotopic (exact) mass is 463 g/mol. The summed E-state index contributed by atoms with van der Waals surface area (Å²) in [6, 6.07) is 4.83. The fourth-order valence-corrected chi connectivity index (χ4v) is 3.43. The molecular formula is C18H25NO13. The van der Waals surface area contributed by atoms with Gasteiger partial charge in [0.05, 0.1) is 18.1 Å². The largest absolute Gasteiger partial charge is 0.462 e. The first-order valence-electron chi connectivity index (χ1n) is 9.67. The summed E-state index contributed by atoms with van der Waals surface area (Å²) < 4.78 is 21.5. The Morgan fingerprint density at radius 1 is 0.812 bits per heavy atom. The van der Waals surface area contributed by atoms with Gasteiger partial charge in [-0.1, -0.05) is 0 Å². The van der Waals surface area contributed by atoms with Crippen LogP contribution in [0.2, 0.25) is 0 Å². The summed E-state index contributed by atoms with van der Waals surface area (Å²) in [4.78, 5) is 10.1. The molecule has 14 nitrogen and oxygen atoms in total. The number of nitro groups is 1. The van der Waals surface area contributed by atoms with Crippen molar-refractivity contribution in [1.82, 2.24) is 0 Å². The summed E-state index contributed by atoms with van der Waals surface area (Å²) in [6.45, 7) is -1.42. The zero-order chi connectivity index (χ0) is 23.6. The standard InChI is InChI=1S/C18H25NO13/c20-5-9-11(22)12(23)14(25)18(30-9)32-16-10(6-21)31-17(15(26)13(16)24)29-8-3-1-7(2-4-8)19(27)28/h1-4,9-18,20-26H,5-6H2/t9?,10?,11-,12+,13-,14?,15?,16-,17-,18+/m1/s1. The van der Waals surface area contributed by atoms with Crippen molar-refractivity contribution >= 4 is 5.69 Å². The number of aliphatic hydroxyl groups excluding tert-OH is 7. The summed E-state index contributed by atoms with van der Waals surface area (Å²) in [5.41, 5.74) is -0.191. The van der Waals surface area contributed by atoms with Crippen LogP contribution in [-0.4, -0.2) is 115 Å². The number of benzene rings is 1. The Morgan fingerprint density at radius 2 is 1.38 bits per heavy atom. The van der Waals surface area contributed by atoms with Gasteiger partial charge in [0.1, 0.15) is 54.6 Å². The van der Waals surface area contributed by atoms with Gasteiger partial charge < -0.3 is 54.7 Å². The van der Waals surface area contributed by atoms with E-state index < -0.39 is 79.5 Å². The lowest BCUT2D eigenvalue weighted by molar-refractivity contribution is -0.384. The second kappa shape index (κ2) is 10.3. The Labute approximate surface area is 180 Å². The number of nitro benzene ring substituents is 1. The molecule has 0 radical (unpaired) electrons. The second-order valence-corrected chi connectivity index (χ2v) is 7.37. The SMILES string of the molecule is O=[N+]([O-])c1ccc(O[C@@H]2OC(CO)[C@@H](O[C@@H]3OC(CO)[C@@H](O)[C@H](O)C3O)[C@H](O)C2O)cc1. The van der Waals surface area contributed by atoms with Crippen LogP contribution < -0.4 is 4.74 Å². The molecule has 4 unspecified atom stereocenters. The second-order valence-electron chi connectivity index (χ2n) is 7.37. The van der Waals surface area contributed by atoms with Crippen LogP contribution >= 0.6 is 0 Å². The van der Waals surface area contributed by atoms with Crippen LogP contribution in [0.1, 0.15) is 0 Å². The number of non-ortho nitro benzene ring substituents is 1. The molecule has 14 heteroatoms. The van der Waals surface area contributed by atoms with Gasteiger partial charge in [0.25, 0.3) is 5.69 Å². The molecule has 7 N–H and O–H groups in total. The van der Waals surface area contributed by atoms with Crippen LogP contribution in [0.4, 0.5) is 5.69 Å². The van der Waals surface area contributed by atoms with Crippen LogP contribution in [0.5, 0.6) is 5.75 Å². The number of ether oxygens (including phenoxy) is 4. The minimum absolute atomic E-state index is 0.0804. The zero-order valence-electron chi connectivity index (χ0n) is 16.5. The number of aliphatic hydroxyl groups is 7. The molecule has 2 fully saturated rings. The van der Waals surface area contributed by atoms with Crippen LogP contribution in [0.25, 0.3) is 0 Å². The van der Waals surface area contributed by atoms with Gasteiger partial charge in [-0.3, -0.25) is 10.1 Å². The minimum Gasteiger partial charge on any atom is -0.462 e. The Balaban J connectivity index is 1.70. The topological polar surface area (TPSA) is 222 Å². The molecule has 0 amide bonds. The van der Waals surface area contributed by atoms with Crippen molar-refractivity contribution in [3.05, 3.63) is 34.4 Å². The van der Waals surface area contributed by atoms with E-state index in [1.165, 1.54) is 12.1 Å². The van der Waals surface area contributed by atoms with Gasteiger partial charge in [0.15, 0.2) is 6.29 Å².